The first-order valence-electron chi connectivity index (χ1n) is 5.26. The number of amides is 1. The minimum atomic E-state index is -0.781. The Hall–Kier alpha value is -1.32. The highest BCUT2D eigenvalue weighted by atomic mass is 16.4. The third kappa shape index (κ3) is 3.38. The number of nitrogens with one attached hydrogen (secondary N) is 1. The second kappa shape index (κ2) is 5.53. The van der Waals surface area contributed by atoms with Crippen LogP contribution in [-0.4, -0.2) is 23.5 Å². The van der Waals surface area contributed by atoms with Gasteiger partial charge < -0.3 is 10.4 Å². The molecule has 1 rings (SSSR count). The lowest BCUT2D eigenvalue weighted by atomic mass is 10.0. The maximum Gasteiger partial charge on any atom is 0.306 e. The molecule has 4 heteroatoms. The lowest BCUT2D eigenvalue weighted by Gasteiger charge is -2.09. The molecule has 15 heavy (non-hydrogen) atoms. The van der Waals surface area contributed by atoms with E-state index in [1.807, 2.05) is 0 Å². The van der Waals surface area contributed by atoms with Crippen LogP contribution in [0.5, 0.6) is 0 Å². The topological polar surface area (TPSA) is 66.4 Å². The lowest BCUT2D eigenvalue weighted by Crippen LogP contribution is -2.30. The molecule has 1 amide bonds. The van der Waals surface area contributed by atoms with Crippen molar-refractivity contribution in [2.45, 2.75) is 25.7 Å². The lowest BCUT2D eigenvalue weighted by molar-refractivity contribution is -0.141. The van der Waals surface area contributed by atoms with Gasteiger partial charge in [-0.15, -0.1) is 6.58 Å². The number of carboxylic acids is 1. The van der Waals surface area contributed by atoms with Crippen LogP contribution in [0.25, 0.3) is 0 Å². The number of hydrogen-bond acceptors (Lipinski definition) is 2. The second-order valence-electron chi connectivity index (χ2n) is 3.91. The third-order valence-electron chi connectivity index (χ3n) is 2.80. The molecule has 0 unspecified atom stereocenters. The van der Waals surface area contributed by atoms with Crippen LogP contribution in [0.15, 0.2) is 12.7 Å². The van der Waals surface area contributed by atoms with Gasteiger partial charge in [0.25, 0.3) is 0 Å². The summed E-state index contributed by atoms with van der Waals surface area (Å²) in [6.07, 6.45) is 4.29. The van der Waals surface area contributed by atoms with Crippen LogP contribution in [0.1, 0.15) is 25.7 Å². The van der Waals surface area contributed by atoms with Gasteiger partial charge in [0.05, 0.1) is 5.92 Å². The van der Waals surface area contributed by atoms with Crippen LogP contribution in [-0.2, 0) is 9.59 Å². The summed E-state index contributed by atoms with van der Waals surface area (Å²) in [5.41, 5.74) is 0. The van der Waals surface area contributed by atoms with Crippen molar-refractivity contribution in [3.05, 3.63) is 12.7 Å². The van der Waals surface area contributed by atoms with Crippen molar-refractivity contribution in [2.24, 2.45) is 11.8 Å². The molecule has 0 aromatic heterocycles. The summed E-state index contributed by atoms with van der Waals surface area (Å²) in [5, 5.41) is 11.6. The normalized spacial score (nSPS) is 24.8. The van der Waals surface area contributed by atoms with E-state index >= 15 is 0 Å². The Morgan fingerprint density at radius 3 is 2.60 bits per heavy atom. The van der Waals surface area contributed by atoms with Crippen LogP contribution in [0.2, 0.25) is 0 Å². The Bertz CT molecular complexity index is 263. The molecule has 1 aliphatic carbocycles. The van der Waals surface area contributed by atoms with Gasteiger partial charge in [-0.25, -0.2) is 0 Å². The van der Waals surface area contributed by atoms with E-state index in [4.69, 9.17) is 5.11 Å². The molecular formula is C11H17NO3. The van der Waals surface area contributed by atoms with Crippen LogP contribution in [0.4, 0.5) is 0 Å². The van der Waals surface area contributed by atoms with E-state index in [0.717, 1.165) is 6.42 Å². The van der Waals surface area contributed by atoms with Crippen molar-refractivity contribution >= 4 is 11.9 Å². The van der Waals surface area contributed by atoms with Crippen LogP contribution < -0.4 is 5.32 Å². The summed E-state index contributed by atoms with van der Waals surface area (Å²) in [6, 6.07) is 0. The molecule has 0 aromatic rings. The molecule has 0 saturated heterocycles. The van der Waals surface area contributed by atoms with Gasteiger partial charge in [0.15, 0.2) is 0 Å². The molecule has 1 fully saturated rings. The van der Waals surface area contributed by atoms with Crippen LogP contribution >= 0.6 is 0 Å². The fourth-order valence-corrected chi connectivity index (χ4v) is 1.89. The summed E-state index contributed by atoms with van der Waals surface area (Å²) in [7, 11) is 0. The van der Waals surface area contributed by atoms with E-state index in [1.54, 1.807) is 6.08 Å². The predicted molar refractivity (Wildman–Crippen MR) is 56.3 cm³/mol. The Labute approximate surface area is 89.4 Å². The first-order valence-corrected chi connectivity index (χ1v) is 5.26. The highest BCUT2D eigenvalue weighted by molar-refractivity contribution is 5.80. The molecule has 1 aliphatic rings. The zero-order valence-electron chi connectivity index (χ0n) is 8.74. The smallest absolute Gasteiger partial charge is 0.306 e. The van der Waals surface area contributed by atoms with Crippen molar-refractivity contribution in [1.82, 2.24) is 5.32 Å². The number of hydrogen-bond donors (Lipinski definition) is 2. The molecule has 0 bridgehead atoms. The van der Waals surface area contributed by atoms with Crippen LogP contribution in [0, 0.1) is 11.8 Å². The van der Waals surface area contributed by atoms with Gasteiger partial charge >= 0.3 is 5.97 Å². The quantitative estimate of drug-likeness (QED) is 0.530. The fraction of sp³-hybridized carbons (Fsp3) is 0.636. The maximum atomic E-state index is 11.5. The summed E-state index contributed by atoms with van der Waals surface area (Å²) in [4.78, 5) is 22.2. The number of carbonyl (C=O) groups is 2. The van der Waals surface area contributed by atoms with Gasteiger partial charge in [-0.1, -0.05) is 6.08 Å². The Balaban J connectivity index is 2.30. The molecule has 2 N–H and O–H groups in total. The highest BCUT2D eigenvalue weighted by Gasteiger charge is 2.33. The standard InChI is InChI=1S/C11H17NO3/c1-2-3-6-12-10(13)8-4-5-9(7-8)11(14)15/h2,8-9H,1,3-7H2,(H,12,13)(H,14,15)/t8-,9+/m1/s1. The molecule has 0 spiro atoms. The Morgan fingerprint density at radius 2 is 2.07 bits per heavy atom. The SMILES string of the molecule is C=CCCNC(=O)[C@@H]1CC[C@H](C(=O)O)C1. The van der Waals surface area contributed by atoms with Gasteiger partial charge in [-0.05, 0) is 25.7 Å². The Kier molecular flexibility index (Phi) is 4.34. The first kappa shape index (κ1) is 11.8. The zero-order valence-corrected chi connectivity index (χ0v) is 8.74. The molecule has 84 valence electrons. The van der Waals surface area contributed by atoms with Crippen molar-refractivity contribution in [3.63, 3.8) is 0 Å². The summed E-state index contributed by atoms with van der Waals surface area (Å²) in [6.45, 7) is 4.16. The van der Waals surface area contributed by atoms with E-state index in [9.17, 15) is 9.59 Å². The van der Waals surface area contributed by atoms with E-state index in [1.165, 1.54) is 0 Å². The zero-order chi connectivity index (χ0) is 11.3. The average molecular weight is 211 g/mol. The van der Waals surface area contributed by atoms with E-state index in [0.29, 0.717) is 25.8 Å². The third-order valence-corrected chi connectivity index (χ3v) is 2.80. The van der Waals surface area contributed by atoms with Crippen LogP contribution in [0.3, 0.4) is 0 Å². The first-order chi connectivity index (χ1) is 7.15. The molecule has 2 atom stereocenters. The van der Waals surface area contributed by atoms with Crippen molar-refractivity contribution in [2.75, 3.05) is 6.54 Å². The minimum Gasteiger partial charge on any atom is -0.481 e. The van der Waals surface area contributed by atoms with Gasteiger partial charge in [0, 0.05) is 12.5 Å². The van der Waals surface area contributed by atoms with Gasteiger partial charge in [-0.3, -0.25) is 9.59 Å². The maximum absolute atomic E-state index is 11.5. The molecular weight excluding hydrogens is 194 g/mol. The molecule has 4 nitrogen and oxygen atoms in total. The van der Waals surface area contributed by atoms with E-state index in [-0.39, 0.29) is 17.7 Å². The summed E-state index contributed by atoms with van der Waals surface area (Å²) >= 11 is 0. The molecule has 0 aromatic carbocycles. The predicted octanol–water partition coefficient (Wildman–Crippen LogP) is 1.18. The minimum absolute atomic E-state index is 0.0133. The van der Waals surface area contributed by atoms with Crippen molar-refractivity contribution in [1.29, 1.82) is 0 Å². The monoisotopic (exact) mass is 211 g/mol. The average Bonchev–Trinajstić information content (AvgIpc) is 2.66. The summed E-state index contributed by atoms with van der Waals surface area (Å²) in [5.74, 6) is -1.24. The number of carboxylic acid groups (broad SMARTS) is 1. The number of aliphatic carboxylic acids is 1. The fourth-order valence-electron chi connectivity index (χ4n) is 1.89. The molecule has 0 radical (unpaired) electrons. The second-order valence-corrected chi connectivity index (χ2v) is 3.91. The Morgan fingerprint density at radius 1 is 1.40 bits per heavy atom. The molecule has 0 aliphatic heterocycles. The molecule has 0 heterocycles. The van der Waals surface area contributed by atoms with Crippen molar-refractivity contribution < 1.29 is 14.7 Å². The van der Waals surface area contributed by atoms with E-state index in [2.05, 4.69) is 11.9 Å². The van der Waals surface area contributed by atoms with Crippen molar-refractivity contribution in [3.8, 4) is 0 Å². The van der Waals surface area contributed by atoms with Gasteiger partial charge in [0.2, 0.25) is 5.91 Å². The summed E-state index contributed by atoms with van der Waals surface area (Å²) < 4.78 is 0. The van der Waals surface area contributed by atoms with Gasteiger partial charge in [0.1, 0.15) is 0 Å². The molecule has 1 saturated carbocycles. The number of carbonyl (C=O) groups excluding carboxylic acids is 1. The van der Waals surface area contributed by atoms with Gasteiger partial charge in [-0.2, -0.15) is 0 Å². The van der Waals surface area contributed by atoms with E-state index < -0.39 is 5.97 Å². The highest BCUT2D eigenvalue weighted by Crippen LogP contribution is 2.30. The largest absolute Gasteiger partial charge is 0.481 e. The number of rotatable bonds is 5.